The molecule has 3 atom stereocenters. The van der Waals surface area contributed by atoms with Crippen LogP contribution in [0.3, 0.4) is 0 Å². The molecule has 1 N–H and O–H groups in total. The second kappa shape index (κ2) is 9.87. The normalized spacial score (nSPS) is 30.6. The summed E-state index contributed by atoms with van der Waals surface area (Å²) in [7, 11) is 0. The minimum atomic E-state index is 0.827. The fourth-order valence-electron chi connectivity index (χ4n) is 5.04. The number of nitrogens with one attached hydrogen (secondary N) is 1. The highest BCUT2D eigenvalue weighted by Gasteiger charge is 2.34. The number of hydrogen-bond donors (Lipinski definition) is 1. The molecule has 2 saturated carbocycles. The SMILES string of the molecule is CCCNC(C1CCCCCCC1)C1CCCCC1CC. The summed E-state index contributed by atoms with van der Waals surface area (Å²) in [6.07, 6.45) is 19.1. The first kappa shape index (κ1) is 17.3. The molecule has 0 aromatic heterocycles. The Hall–Kier alpha value is -0.0400. The molecule has 0 aromatic carbocycles. The average Bonchev–Trinajstić information content (AvgIpc) is 2.49. The van der Waals surface area contributed by atoms with E-state index in [0.717, 1.165) is 23.8 Å². The Morgan fingerprint density at radius 3 is 2.10 bits per heavy atom. The summed E-state index contributed by atoms with van der Waals surface area (Å²) in [6.45, 7) is 5.98. The van der Waals surface area contributed by atoms with Gasteiger partial charge in [0.1, 0.15) is 0 Å². The van der Waals surface area contributed by atoms with E-state index in [1.165, 1.54) is 90.0 Å². The second-order valence-corrected chi connectivity index (χ2v) is 7.70. The summed E-state index contributed by atoms with van der Waals surface area (Å²) in [4.78, 5) is 0. The van der Waals surface area contributed by atoms with E-state index >= 15 is 0 Å². The fourth-order valence-corrected chi connectivity index (χ4v) is 5.04. The molecule has 0 heterocycles. The van der Waals surface area contributed by atoms with Gasteiger partial charge in [0.2, 0.25) is 0 Å². The van der Waals surface area contributed by atoms with Gasteiger partial charge in [0.15, 0.2) is 0 Å². The first-order chi connectivity index (χ1) is 10.4. The van der Waals surface area contributed by atoms with Crippen LogP contribution in [0.5, 0.6) is 0 Å². The van der Waals surface area contributed by atoms with Gasteiger partial charge in [-0.15, -0.1) is 0 Å². The van der Waals surface area contributed by atoms with Crippen LogP contribution < -0.4 is 5.32 Å². The van der Waals surface area contributed by atoms with Gasteiger partial charge < -0.3 is 5.32 Å². The third-order valence-corrected chi connectivity index (χ3v) is 6.24. The quantitative estimate of drug-likeness (QED) is 0.640. The van der Waals surface area contributed by atoms with Gasteiger partial charge in [0.25, 0.3) is 0 Å². The minimum absolute atomic E-state index is 0.827. The lowest BCUT2D eigenvalue weighted by molar-refractivity contribution is 0.123. The molecule has 1 heteroatoms. The summed E-state index contributed by atoms with van der Waals surface area (Å²) in [5.74, 6) is 2.94. The zero-order valence-electron chi connectivity index (χ0n) is 14.7. The van der Waals surface area contributed by atoms with Gasteiger partial charge in [-0.2, -0.15) is 0 Å². The topological polar surface area (TPSA) is 12.0 Å². The van der Waals surface area contributed by atoms with Crippen LogP contribution in [0.1, 0.15) is 97.3 Å². The molecule has 0 saturated heterocycles. The molecular formula is C20H39N. The Balaban J connectivity index is 2.03. The van der Waals surface area contributed by atoms with Gasteiger partial charge >= 0.3 is 0 Å². The lowest BCUT2D eigenvalue weighted by Gasteiger charge is -2.42. The van der Waals surface area contributed by atoms with Gasteiger partial charge in [0, 0.05) is 6.04 Å². The Kier molecular flexibility index (Phi) is 8.14. The van der Waals surface area contributed by atoms with Crippen molar-refractivity contribution >= 4 is 0 Å². The van der Waals surface area contributed by atoms with E-state index in [4.69, 9.17) is 0 Å². The highest BCUT2D eigenvalue weighted by atomic mass is 14.9. The van der Waals surface area contributed by atoms with E-state index in [9.17, 15) is 0 Å². The first-order valence-corrected chi connectivity index (χ1v) is 10.1. The maximum Gasteiger partial charge on any atom is 0.0126 e. The molecule has 21 heavy (non-hydrogen) atoms. The molecule has 1 nitrogen and oxygen atoms in total. The fraction of sp³-hybridized carbons (Fsp3) is 1.00. The molecule has 2 aliphatic rings. The van der Waals surface area contributed by atoms with E-state index in [2.05, 4.69) is 19.2 Å². The third-order valence-electron chi connectivity index (χ3n) is 6.24. The predicted molar refractivity (Wildman–Crippen MR) is 93.6 cm³/mol. The van der Waals surface area contributed by atoms with Crippen molar-refractivity contribution in [2.24, 2.45) is 17.8 Å². The van der Waals surface area contributed by atoms with Crippen molar-refractivity contribution in [2.75, 3.05) is 6.54 Å². The summed E-state index contributed by atoms with van der Waals surface area (Å²) in [6, 6.07) is 0.827. The molecular weight excluding hydrogens is 254 g/mol. The lowest BCUT2D eigenvalue weighted by atomic mass is 9.69. The van der Waals surface area contributed by atoms with E-state index in [-0.39, 0.29) is 0 Å². The Morgan fingerprint density at radius 2 is 1.43 bits per heavy atom. The summed E-state index contributed by atoms with van der Waals surface area (Å²) in [5, 5.41) is 4.02. The summed E-state index contributed by atoms with van der Waals surface area (Å²) >= 11 is 0. The lowest BCUT2D eigenvalue weighted by Crippen LogP contribution is -2.46. The van der Waals surface area contributed by atoms with Crippen molar-refractivity contribution in [2.45, 2.75) is 103 Å². The molecule has 2 fully saturated rings. The molecule has 0 radical (unpaired) electrons. The molecule has 124 valence electrons. The predicted octanol–water partition coefficient (Wildman–Crippen LogP) is 5.93. The number of hydrogen-bond acceptors (Lipinski definition) is 1. The maximum absolute atomic E-state index is 4.02. The van der Waals surface area contributed by atoms with Crippen LogP contribution in [0.4, 0.5) is 0 Å². The Labute approximate surface area is 133 Å². The van der Waals surface area contributed by atoms with Crippen molar-refractivity contribution in [3.05, 3.63) is 0 Å². The van der Waals surface area contributed by atoms with Crippen LogP contribution in [-0.2, 0) is 0 Å². The highest BCUT2D eigenvalue weighted by Crippen LogP contribution is 2.39. The smallest absolute Gasteiger partial charge is 0.0126 e. The van der Waals surface area contributed by atoms with Gasteiger partial charge in [-0.25, -0.2) is 0 Å². The van der Waals surface area contributed by atoms with Crippen molar-refractivity contribution in [1.29, 1.82) is 0 Å². The van der Waals surface area contributed by atoms with Gasteiger partial charge in [-0.1, -0.05) is 71.6 Å². The Morgan fingerprint density at radius 1 is 0.810 bits per heavy atom. The Bertz CT molecular complexity index is 255. The van der Waals surface area contributed by atoms with E-state index in [1.807, 2.05) is 0 Å². The zero-order valence-corrected chi connectivity index (χ0v) is 14.7. The molecule has 3 unspecified atom stereocenters. The van der Waals surface area contributed by atoms with E-state index in [0.29, 0.717) is 0 Å². The largest absolute Gasteiger partial charge is 0.313 e. The van der Waals surface area contributed by atoms with Crippen LogP contribution >= 0.6 is 0 Å². The van der Waals surface area contributed by atoms with Crippen molar-refractivity contribution in [1.82, 2.24) is 5.32 Å². The molecule has 2 aliphatic carbocycles. The van der Waals surface area contributed by atoms with Crippen LogP contribution in [0.2, 0.25) is 0 Å². The zero-order chi connectivity index (χ0) is 14.9. The maximum atomic E-state index is 4.02. The van der Waals surface area contributed by atoms with Gasteiger partial charge in [0.05, 0.1) is 0 Å². The van der Waals surface area contributed by atoms with Crippen molar-refractivity contribution < 1.29 is 0 Å². The van der Waals surface area contributed by atoms with Crippen LogP contribution in [0, 0.1) is 17.8 Å². The standard InChI is InChI=1S/C20H39N/c1-3-16-21-20(18-13-8-6-5-7-9-14-18)19-15-11-10-12-17(19)4-2/h17-21H,3-16H2,1-2H3. The van der Waals surface area contributed by atoms with Crippen molar-refractivity contribution in [3.8, 4) is 0 Å². The number of rotatable bonds is 6. The summed E-state index contributed by atoms with van der Waals surface area (Å²) < 4.78 is 0. The molecule has 0 bridgehead atoms. The first-order valence-electron chi connectivity index (χ1n) is 10.1. The van der Waals surface area contributed by atoms with Gasteiger partial charge in [-0.3, -0.25) is 0 Å². The molecule has 0 spiro atoms. The highest BCUT2D eigenvalue weighted by molar-refractivity contribution is 4.89. The average molecular weight is 294 g/mol. The third kappa shape index (κ3) is 5.27. The molecule has 0 amide bonds. The van der Waals surface area contributed by atoms with Crippen molar-refractivity contribution in [3.63, 3.8) is 0 Å². The molecule has 0 aromatic rings. The second-order valence-electron chi connectivity index (χ2n) is 7.70. The van der Waals surface area contributed by atoms with Crippen LogP contribution in [-0.4, -0.2) is 12.6 Å². The minimum Gasteiger partial charge on any atom is -0.313 e. The van der Waals surface area contributed by atoms with Gasteiger partial charge in [-0.05, 0) is 50.0 Å². The van der Waals surface area contributed by atoms with Crippen LogP contribution in [0.25, 0.3) is 0 Å². The summed E-state index contributed by atoms with van der Waals surface area (Å²) in [5.41, 5.74) is 0. The van der Waals surface area contributed by atoms with Crippen LogP contribution in [0.15, 0.2) is 0 Å². The monoisotopic (exact) mass is 293 g/mol. The van der Waals surface area contributed by atoms with E-state index in [1.54, 1.807) is 0 Å². The molecule has 0 aliphatic heterocycles. The van der Waals surface area contributed by atoms with E-state index < -0.39 is 0 Å². The molecule has 2 rings (SSSR count).